The van der Waals surface area contributed by atoms with Gasteiger partial charge in [-0.25, -0.2) is 4.39 Å². The highest BCUT2D eigenvalue weighted by molar-refractivity contribution is 7.80. The third kappa shape index (κ3) is 4.54. The number of halogens is 1. The number of non-ortho nitro benzene ring substituents is 1. The van der Waals surface area contributed by atoms with E-state index in [2.05, 4.69) is 15.5 Å². The Labute approximate surface area is 170 Å². The Kier molecular flexibility index (Phi) is 5.17. The summed E-state index contributed by atoms with van der Waals surface area (Å²) in [5.41, 5.74) is 1.11. The van der Waals surface area contributed by atoms with E-state index < -0.39 is 4.92 Å². The summed E-state index contributed by atoms with van der Waals surface area (Å²) in [6, 6.07) is 12.2. The molecule has 1 fully saturated rings. The predicted octanol–water partition coefficient (Wildman–Crippen LogP) is 4.15. The van der Waals surface area contributed by atoms with Crippen LogP contribution >= 0.6 is 12.2 Å². The maximum Gasteiger partial charge on any atom is 0.270 e. The molecule has 1 saturated carbocycles. The lowest BCUT2D eigenvalue weighted by atomic mass is 10.2. The minimum absolute atomic E-state index is 0.0495. The lowest BCUT2D eigenvalue weighted by molar-refractivity contribution is -0.384. The van der Waals surface area contributed by atoms with Crippen LogP contribution in [0.3, 0.4) is 0 Å². The second-order valence-electron chi connectivity index (χ2n) is 6.60. The molecule has 1 heterocycles. The molecule has 0 aliphatic heterocycles. The van der Waals surface area contributed by atoms with Crippen LogP contribution in [0.15, 0.2) is 52.9 Å². The van der Waals surface area contributed by atoms with E-state index in [9.17, 15) is 14.5 Å². The lowest BCUT2D eigenvalue weighted by Crippen LogP contribution is -2.36. The van der Waals surface area contributed by atoms with Crippen LogP contribution in [-0.4, -0.2) is 31.2 Å². The van der Waals surface area contributed by atoms with Gasteiger partial charge in [-0.1, -0.05) is 6.07 Å². The second kappa shape index (κ2) is 7.92. The quantitative estimate of drug-likeness (QED) is 0.366. The monoisotopic (exact) mass is 413 g/mol. The summed E-state index contributed by atoms with van der Waals surface area (Å²) >= 11 is 5.51. The molecular weight excluding hydrogens is 397 g/mol. The molecule has 0 bridgehead atoms. The lowest BCUT2D eigenvalue weighted by Gasteiger charge is -2.24. The van der Waals surface area contributed by atoms with Crippen molar-refractivity contribution < 1.29 is 13.7 Å². The number of hydrogen-bond donors (Lipinski definition) is 1. The summed E-state index contributed by atoms with van der Waals surface area (Å²) in [4.78, 5) is 12.4. The Balaban J connectivity index is 1.48. The van der Waals surface area contributed by atoms with E-state index in [1.54, 1.807) is 24.3 Å². The number of nitro groups is 1. The van der Waals surface area contributed by atoms with E-state index in [0.717, 1.165) is 12.8 Å². The molecule has 0 atom stereocenters. The van der Waals surface area contributed by atoms with Gasteiger partial charge < -0.3 is 14.6 Å². The van der Waals surface area contributed by atoms with E-state index >= 15 is 0 Å². The first-order valence-electron chi connectivity index (χ1n) is 8.90. The SMILES string of the molecule is O=[N+]([O-])c1cccc(-c2nnc(CN(C(=S)Nc3ccc(F)cc3)C3CC3)o2)c1. The van der Waals surface area contributed by atoms with E-state index in [1.807, 2.05) is 4.90 Å². The Bertz CT molecular complexity index is 1050. The van der Waals surface area contributed by atoms with Gasteiger partial charge in [0.25, 0.3) is 5.69 Å². The van der Waals surface area contributed by atoms with E-state index in [-0.39, 0.29) is 23.4 Å². The van der Waals surface area contributed by atoms with Crippen LogP contribution in [0.4, 0.5) is 15.8 Å². The third-order valence-corrected chi connectivity index (χ3v) is 4.76. The summed E-state index contributed by atoms with van der Waals surface area (Å²) in [5, 5.41) is 22.6. The van der Waals surface area contributed by atoms with Crippen LogP contribution < -0.4 is 5.32 Å². The number of anilines is 1. The molecule has 0 radical (unpaired) electrons. The Hall–Kier alpha value is -3.40. The van der Waals surface area contributed by atoms with Crippen LogP contribution in [0.5, 0.6) is 0 Å². The van der Waals surface area contributed by atoms with Gasteiger partial charge >= 0.3 is 0 Å². The van der Waals surface area contributed by atoms with E-state index in [0.29, 0.717) is 28.8 Å². The average molecular weight is 413 g/mol. The molecule has 148 valence electrons. The van der Waals surface area contributed by atoms with Gasteiger partial charge in [-0.15, -0.1) is 10.2 Å². The smallest absolute Gasteiger partial charge is 0.270 e. The van der Waals surface area contributed by atoms with Crippen molar-refractivity contribution in [1.29, 1.82) is 0 Å². The zero-order valence-corrected chi connectivity index (χ0v) is 15.9. The van der Waals surface area contributed by atoms with Gasteiger partial charge in [0.1, 0.15) is 5.82 Å². The predicted molar refractivity (Wildman–Crippen MR) is 108 cm³/mol. The zero-order chi connectivity index (χ0) is 20.4. The van der Waals surface area contributed by atoms with E-state index in [1.165, 1.54) is 24.3 Å². The normalized spacial score (nSPS) is 13.1. The molecule has 0 amide bonds. The molecule has 8 nitrogen and oxygen atoms in total. The number of nitrogens with zero attached hydrogens (tertiary/aromatic N) is 4. The maximum atomic E-state index is 13.1. The molecule has 4 rings (SSSR count). The fourth-order valence-electron chi connectivity index (χ4n) is 2.81. The van der Waals surface area contributed by atoms with Crippen molar-refractivity contribution in [2.45, 2.75) is 25.4 Å². The van der Waals surface area contributed by atoms with Crippen molar-refractivity contribution >= 4 is 28.7 Å². The van der Waals surface area contributed by atoms with Crippen LogP contribution in [-0.2, 0) is 6.54 Å². The molecule has 10 heteroatoms. The first-order valence-corrected chi connectivity index (χ1v) is 9.31. The van der Waals surface area contributed by atoms with Gasteiger partial charge in [-0.2, -0.15) is 0 Å². The molecular formula is C19H16FN5O3S. The standard InChI is InChI=1S/C19H16FN5O3S/c20-13-4-6-14(7-5-13)21-19(29)24(15-8-9-15)11-17-22-23-18(28-17)12-2-1-3-16(10-12)25(26)27/h1-7,10,15H,8-9,11H2,(H,21,29). The van der Waals surface area contributed by atoms with Gasteiger partial charge in [0, 0.05) is 29.4 Å². The molecule has 1 aliphatic rings. The van der Waals surface area contributed by atoms with Crippen molar-refractivity contribution in [1.82, 2.24) is 15.1 Å². The van der Waals surface area contributed by atoms with Crippen molar-refractivity contribution in [3.8, 4) is 11.5 Å². The summed E-state index contributed by atoms with van der Waals surface area (Å²) in [7, 11) is 0. The highest BCUT2D eigenvalue weighted by Gasteiger charge is 2.32. The number of thiocarbonyl (C=S) groups is 1. The second-order valence-corrected chi connectivity index (χ2v) is 6.99. The molecule has 29 heavy (non-hydrogen) atoms. The summed E-state index contributed by atoms with van der Waals surface area (Å²) in [6.45, 7) is 0.305. The minimum atomic E-state index is -0.477. The highest BCUT2D eigenvalue weighted by atomic mass is 32.1. The molecule has 3 aromatic rings. The molecule has 0 unspecified atom stereocenters. The third-order valence-electron chi connectivity index (χ3n) is 4.42. The van der Waals surface area contributed by atoms with Crippen molar-refractivity contribution in [3.05, 3.63) is 70.4 Å². The van der Waals surface area contributed by atoms with Gasteiger partial charge in [-0.3, -0.25) is 10.1 Å². The van der Waals surface area contributed by atoms with Crippen molar-refractivity contribution in [2.24, 2.45) is 0 Å². The van der Waals surface area contributed by atoms with Crippen molar-refractivity contribution in [2.75, 3.05) is 5.32 Å². The molecule has 0 spiro atoms. The summed E-state index contributed by atoms with van der Waals surface area (Å²) in [5.74, 6) is 0.235. The summed E-state index contributed by atoms with van der Waals surface area (Å²) in [6.07, 6.45) is 1.99. The van der Waals surface area contributed by atoms with Gasteiger partial charge in [0.15, 0.2) is 5.11 Å². The highest BCUT2D eigenvalue weighted by Crippen LogP contribution is 2.30. The van der Waals surface area contributed by atoms with Crippen molar-refractivity contribution in [3.63, 3.8) is 0 Å². The molecule has 1 N–H and O–H groups in total. The van der Waals surface area contributed by atoms with Crippen LogP contribution in [0.25, 0.3) is 11.5 Å². The average Bonchev–Trinajstić information content (AvgIpc) is 3.45. The first-order chi connectivity index (χ1) is 14.0. The first kappa shape index (κ1) is 18.9. The summed E-state index contributed by atoms with van der Waals surface area (Å²) < 4.78 is 18.8. The number of nitrogens with one attached hydrogen (secondary N) is 1. The number of nitro benzene ring substituents is 1. The molecule has 2 aromatic carbocycles. The Morgan fingerprint density at radius 1 is 1.28 bits per heavy atom. The molecule has 0 saturated heterocycles. The number of rotatable bonds is 6. The molecule has 1 aliphatic carbocycles. The fraction of sp³-hybridized carbons (Fsp3) is 0.211. The number of hydrogen-bond acceptors (Lipinski definition) is 6. The largest absolute Gasteiger partial charge is 0.419 e. The Morgan fingerprint density at radius 3 is 2.72 bits per heavy atom. The number of aromatic nitrogens is 2. The Morgan fingerprint density at radius 2 is 2.03 bits per heavy atom. The maximum absolute atomic E-state index is 13.1. The van der Waals surface area contributed by atoms with Crippen LogP contribution in [0, 0.1) is 15.9 Å². The van der Waals surface area contributed by atoms with Crippen LogP contribution in [0.1, 0.15) is 18.7 Å². The van der Waals surface area contributed by atoms with Gasteiger partial charge in [0.2, 0.25) is 11.8 Å². The minimum Gasteiger partial charge on any atom is -0.419 e. The fourth-order valence-corrected chi connectivity index (χ4v) is 3.15. The topological polar surface area (TPSA) is 97.3 Å². The number of benzene rings is 2. The van der Waals surface area contributed by atoms with Gasteiger partial charge in [0.05, 0.1) is 11.5 Å². The molecule has 1 aromatic heterocycles. The van der Waals surface area contributed by atoms with E-state index in [4.69, 9.17) is 16.6 Å². The van der Waals surface area contributed by atoms with Gasteiger partial charge in [-0.05, 0) is 55.4 Å². The van der Waals surface area contributed by atoms with Crippen LogP contribution in [0.2, 0.25) is 0 Å². The zero-order valence-electron chi connectivity index (χ0n) is 15.1.